The molecular weight excluding hydrogens is 494 g/mol. The van der Waals surface area contributed by atoms with Gasteiger partial charge in [-0.3, -0.25) is 4.90 Å². The van der Waals surface area contributed by atoms with Gasteiger partial charge in [0.1, 0.15) is 0 Å². The maximum absolute atomic E-state index is 5.49. The molecule has 0 atom stereocenters. The van der Waals surface area contributed by atoms with Crippen LogP contribution in [0.3, 0.4) is 0 Å². The van der Waals surface area contributed by atoms with Crippen LogP contribution in [0.2, 0.25) is 0 Å². The van der Waals surface area contributed by atoms with Gasteiger partial charge in [0.25, 0.3) is 0 Å². The Morgan fingerprint density at radius 2 is 1.08 bits per heavy atom. The molecule has 0 amide bonds. The molecule has 202 valence electrons. The fourth-order valence-electron chi connectivity index (χ4n) is 4.24. The summed E-state index contributed by atoms with van der Waals surface area (Å²) in [5.41, 5.74) is 10.4. The van der Waals surface area contributed by atoms with Crippen molar-refractivity contribution in [3.05, 3.63) is 107 Å². The Labute approximate surface area is 227 Å². The van der Waals surface area contributed by atoms with Crippen LogP contribution in [-0.2, 0) is 44.0 Å². The third-order valence-corrected chi connectivity index (χ3v) is 6.02. The smallest absolute Gasteiger partial charge is 0.0967 e. The molecule has 5 aromatic rings. The monoisotopic (exact) mass is 527 g/mol. The van der Waals surface area contributed by atoms with Crippen LogP contribution in [0.5, 0.6) is 0 Å². The third-order valence-electron chi connectivity index (χ3n) is 6.02. The fourth-order valence-corrected chi connectivity index (χ4v) is 4.24. The second-order valence-corrected chi connectivity index (χ2v) is 9.31. The van der Waals surface area contributed by atoms with Crippen molar-refractivity contribution in [3.63, 3.8) is 0 Å². The first kappa shape index (κ1) is 26.4. The van der Waals surface area contributed by atoms with E-state index >= 15 is 0 Å². The van der Waals surface area contributed by atoms with E-state index in [9.17, 15) is 0 Å². The van der Waals surface area contributed by atoms with E-state index in [0.29, 0.717) is 59.0 Å². The van der Waals surface area contributed by atoms with Gasteiger partial charge >= 0.3 is 0 Å². The zero-order valence-electron chi connectivity index (χ0n) is 21.8. The molecule has 12 nitrogen and oxygen atoms in total. The Bertz CT molecular complexity index is 1320. The number of nitrogens with two attached hydrogens (primary N) is 1. The first-order valence-electron chi connectivity index (χ1n) is 13.0. The van der Waals surface area contributed by atoms with Crippen molar-refractivity contribution in [2.45, 2.75) is 39.3 Å². The van der Waals surface area contributed by atoms with Gasteiger partial charge in [-0.1, -0.05) is 76.3 Å². The van der Waals surface area contributed by atoms with Crippen LogP contribution >= 0.6 is 0 Å². The van der Waals surface area contributed by atoms with Crippen LogP contribution in [0.25, 0.3) is 0 Å². The van der Waals surface area contributed by atoms with Gasteiger partial charge in [-0.2, -0.15) is 0 Å². The first-order valence-corrected chi connectivity index (χ1v) is 13.0. The Hall–Kier alpha value is -4.26. The van der Waals surface area contributed by atoms with Crippen LogP contribution in [-0.4, -0.2) is 69.6 Å². The quantitative estimate of drug-likeness (QED) is 0.202. The van der Waals surface area contributed by atoms with E-state index in [1.165, 1.54) is 11.1 Å². The third kappa shape index (κ3) is 8.11. The summed E-state index contributed by atoms with van der Waals surface area (Å²) in [4.78, 5) is 2.22. The number of hydrogen-bond donors (Lipinski definition) is 1. The number of nitrogens with zero attached hydrogens (tertiary/aromatic N) is 10. The van der Waals surface area contributed by atoms with E-state index in [-0.39, 0.29) is 0 Å². The fraction of sp³-hybridized carbons (Fsp3) is 0.333. The Kier molecular flexibility index (Phi) is 9.13. The second-order valence-electron chi connectivity index (χ2n) is 9.31. The minimum atomic E-state index is 0.503. The molecule has 0 spiro atoms. The lowest BCUT2D eigenvalue weighted by atomic mass is 10.2. The Morgan fingerprint density at radius 3 is 1.56 bits per heavy atom. The van der Waals surface area contributed by atoms with Gasteiger partial charge in [0, 0.05) is 32.4 Å². The lowest BCUT2D eigenvalue weighted by Crippen LogP contribution is -2.23. The van der Waals surface area contributed by atoms with Crippen molar-refractivity contribution in [1.29, 1.82) is 0 Å². The predicted octanol–water partition coefficient (Wildman–Crippen LogP) is 1.74. The van der Waals surface area contributed by atoms with Crippen molar-refractivity contribution >= 4 is 0 Å². The van der Waals surface area contributed by atoms with Crippen molar-refractivity contribution in [3.8, 4) is 0 Å². The van der Waals surface area contributed by atoms with Crippen LogP contribution in [0.4, 0.5) is 0 Å². The molecule has 0 aliphatic carbocycles. The predicted molar refractivity (Wildman–Crippen MR) is 144 cm³/mol. The maximum atomic E-state index is 5.49. The molecule has 0 radical (unpaired) electrons. The molecule has 2 N–H and O–H groups in total. The van der Waals surface area contributed by atoms with E-state index in [2.05, 4.69) is 60.1 Å². The van der Waals surface area contributed by atoms with Crippen LogP contribution in [0, 0.1) is 0 Å². The first-order chi connectivity index (χ1) is 19.2. The standard InChI is InChI=1S/C27H33N11O/c28-11-13-39-14-12-36-20-25(29-32-36)17-35(18-26-21-37(33-30-26)15-23-7-3-1-4-8-23)19-27-22-38(34-31-27)16-24-9-5-2-6-10-24/h1-10,20-22H,11-19,28H2. The normalized spacial score (nSPS) is 11.4. The molecule has 2 aromatic carbocycles. The van der Waals surface area contributed by atoms with Gasteiger partial charge in [-0.05, 0) is 11.1 Å². The zero-order chi connectivity index (χ0) is 26.7. The summed E-state index contributed by atoms with van der Waals surface area (Å²) in [5.74, 6) is 0. The summed E-state index contributed by atoms with van der Waals surface area (Å²) in [6, 6.07) is 20.4. The van der Waals surface area contributed by atoms with Crippen molar-refractivity contribution in [2.75, 3.05) is 19.8 Å². The maximum Gasteiger partial charge on any atom is 0.0967 e. The summed E-state index contributed by atoms with van der Waals surface area (Å²) in [5, 5.41) is 26.1. The average molecular weight is 528 g/mol. The summed E-state index contributed by atoms with van der Waals surface area (Å²) in [6.45, 7) is 5.26. The van der Waals surface area contributed by atoms with Gasteiger partial charge in [0.15, 0.2) is 0 Å². The largest absolute Gasteiger partial charge is 0.378 e. The number of benzene rings is 2. The van der Waals surface area contributed by atoms with Gasteiger partial charge in [-0.15, -0.1) is 15.3 Å². The van der Waals surface area contributed by atoms with Gasteiger partial charge in [0.2, 0.25) is 0 Å². The number of ether oxygens (including phenoxy) is 1. The molecule has 0 bridgehead atoms. The van der Waals surface area contributed by atoms with Crippen molar-refractivity contribution in [2.24, 2.45) is 5.73 Å². The lowest BCUT2D eigenvalue weighted by Gasteiger charge is -2.18. The molecule has 0 unspecified atom stereocenters. The minimum Gasteiger partial charge on any atom is -0.378 e. The summed E-state index contributed by atoms with van der Waals surface area (Å²) in [7, 11) is 0. The molecule has 12 heteroatoms. The van der Waals surface area contributed by atoms with Crippen LogP contribution < -0.4 is 5.73 Å². The van der Waals surface area contributed by atoms with Gasteiger partial charge in [0.05, 0.1) is 62.3 Å². The topological polar surface area (TPSA) is 131 Å². The number of hydrogen-bond acceptors (Lipinski definition) is 9. The molecule has 0 saturated heterocycles. The zero-order valence-corrected chi connectivity index (χ0v) is 21.8. The van der Waals surface area contributed by atoms with Crippen molar-refractivity contribution in [1.82, 2.24) is 49.9 Å². The van der Waals surface area contributed by atoms with E-state index < -0.39 is 0 Å². The highest BCUT2D eigenvalue weighted by atomic mass is 16.5. The molecule has 0 saturated carbocycles. The van der Waals surface area contributed by atoms with Crippen molar-refractivity contribution < 1.29 is 4.74 Å². The molecule has 0 aliphatic heterocycles. The van der Waals surface area contributed by atoms with Crippen LogP contribution in [0.1, 0.15) is 28.2 Å². The van der Waals surface area contributed by atoms with Gasteiger partial charge < -0.3 is 10.5 Å². The van der Waals surface area contributed by atoms with Gasteiger partial charge in [-0.25, -0.2) is 14.0 Å². The minimum absolute atomic E-state index is 0.503. The summed E-state index contributed by atoms with van der Waals surface area (Å²) >= 11 is 0. The molecule has 3 heterocycles. The SMILES string of the molecule is NCCOCCn1cc(CN(Cc2cn(Cc3ccccc3)nn2)Cc2cn(Cc3ccccc3)nn2)nn1. The molecule has 39 heavy (non-hydrogen) atoms. The van der Waals surface area contributed by atoms with E-state index in [1.807, 2.05) is 64.4 Å². The highest BCUT2D eigenvalue weighted by Crippen LogP contribution is 2.12. The lowest BCUT2D eigenvalue weighted by molar-refractivity contribution is 0.130. The molecule has 3 aromatic heterocycles. The Morgan fingerprint density at radius 1 is 0.615 bits per heavy atom. The summed E-state index contributed by atoms with van der Waals surface area (Å²) < 4.78 is 11.0. The highest BCUT2D eigenvalue weighted by Gasteiger charge is 2.15. The summed E-state index contributed by atoms with van der Waals surface area (Å²) in [6.07, 6.45) is 5.91. The number of rotatable bonds is 15. The molecule has 0 fully saturated rings. The molecule has 0 aliphatic rings. The molecule has 5 rings (SSSR count). The average Bonchev–Trinajstić information content (AvgIpc) is 3.70. The van der Waals surface area contributed by atoms with Crippen LogP contribution in [0.15, 0.2) is 79.3 Å². The Balaban J connectivity index is 1.26. The van der Waals surface area contributed by atoms with E-state index in [0.717, 1.165) is 17.1 Å². The second kappa shape index (κ2) is 13.5. The van der Waals surface area contributed by atoms with E-state index in [1.54, 1.807) is 4.68 Å². The molecular formula is C27H33N11O. The highest BCUT2D eigenvalue weighted by molar-refractivity contribution is 5.16. The van der Waals surface area contributed by atoms with E-state index in [4.69, 9.17) is 10.5 Å². The number of aromatic nitrogens is 9.